The van der Waals surface area contributed by atoms with Gasteiger partial charge in [-0.2, -0.15) is 0 Å². The molecule has 0 spiro atoms. The van der Waals surface area contributed by atoms with Gasteiger partial charge in [0.2, 0.25) is 0 Å². The zero-order valence-corrected chi connectivity index (χ0v) is 12.0. The van der Waals surface area contributed by atoms with E-state index in [1.54, 1.807) is 11.3 Å². The summed E-state index contributed by atoms with van der Waals surface area (Å²) in [6.45, 7) is 4.05. The van der Waals surface area contributed by atoms with Crippen molar-refractivity contribution in [1.29, 1.82) is 0 Å². The molecule has 2 rings (SSSR count). The highest BCUT2D eigenvalue weighted by atomic mass is 35.5. The molecule has 1 aromatic heterocycles. The van der Waals surface area contributed by atoms with E-state index in [-0.39, 0.29) is 11.6 Å². The van der Waals surface area contributed by atoms with Gasteiger partial charge in [0.1, 0.15) is 0 Å². The lowest BCUT2D eigenvalue weighted by atomic mass is 9.85. The fraction of sp³-hybridized carbons (Fsp3) is 0.667. The van der Waals surface area contributed by atoms with Crippen molar-refractivity contribution in [3.8, 4) is 0 Å². The number of thiophene rings is 1. The van der Waals surface area contributed by atoms with E-state index in [0.29, 0.717) is 19.8 Å². The van der Waals surface area contributed by atoms with Crippen molar-refractivity contribution in [2.45, 2.75) is 31.4 Å². The number of nitrogens with two attached hydrogens (primary N) is 1. The molecule has 1 saturated heterocycles. The Balaban J connectivity index is 2.29. The Hall–Kier alpha value is -0.170. The average Bonchev–Trinajstić information content (AvgIpc) is 2.78. The summed E-state index contributed by atoms with van der Waals surface area (Å²) in [5.74, 6) is 5.76. The van der Waals surface area contributed by atoms with Gasteiger partial charge in [-0.25, -0.2) is 5.43 Å². The minimum atomic E-state index is -0.323. The van der Waals surface area contributed by atoms with Gasteiger partial charge in [0, 0.05) is 37.5 Å². The smallest absolute Gasteiger partial charge is 0.0941 e. The molecule has 0 radical (unpaired) electrons. The first-order chi connectivity index (χ1) is 8.73. The summed E-state index contributed by atoms with van der Waals surface area (Å²) in [6, 6.07) is 1.80. The Labute approximate surface area is 116 Å². The summed E-state index contributed by atoms with van der Waals surface area (Å²) in [5, 5.41) is 2.72. The van der Waals surface area contributed by atoms with E-state index in [4.69, 9.17) is 26.9 Å². The summed E-state index contributed by atoms with van der Waals surface area (Å²) < 4.78 is 11.5. The summed E-state index contributed by atoms with van der Waals surface area (Å²) in [4.78, 5) is 1.04. The lowest BCUT2D eigenvalue weighted by Crippen LogP contribution is -2.51. The predicted octanol–water partition coefficient (Wildman–Crippen LogP) is 2.49. The summed E-state index contributed by atoms with van der Waals surface area (Å²) in [7, 11) is 0. The molecule has 18 heavy (non-hydrogen) atoms. The number of hydrogen-bond acceptors (Lipinski definition) is 5. The highest BCUT2D eigenvalue weighted by Crippen LogP contribution is 2.41. The van der Waals surface area contributed by atoms with Gasteiger partial charge in [0.25, 0.3) is 0 Å². The molecule has 1 aromatic rings. The third kappa shape index (κ3) is 2.71. The van der Waals surface area contributed by atoms with Crippen LogP contribution in [-0.2, 0) is 9.47 Å². The van der Waals surface area contributed by atoms with Crippen molar-refractivity contribution >= 4 is 22.9 Å². The SMILES string of the molecule is CCOC1(C(NN)c2sccc2Cl)CCOCC1. The summed E-state index contributed by atoms with van der Waals surface area (Å²) in [5.41, 5.74) is 2.56. The number of ether oxygens (including phenoxy) is 2. The fourth-order valence-electron chi connectivity index (χ4n) is 2.50. The van der Waals surface area contributed by atoms with E-state index >= 15 is 0 Å². The number of halogens is 1. The van der Waals surface area contributed by atoms with Crippen LogP contribution in [0.5, 0.6) is 0 Å². The highest BCUT2D eigenvalue weighted by molar-refractivity contribution is 7.10. The van der Waals surface area contributed by atoms with E-state index < -0.39 is 0 Å². The zero-order valence-electron chi connectivity index (χ0n) is 10.4. The molecule has 3 N–H and O–H groups in total. The first kappa shape index (κ1) is 14.2. The van der Waals surface area contributed by atoms with Gasteiger partial charge in [-0.1, -0.05) is 11.6 Å². The van der Waals surface area contributed by atoms with Gasteiger partial charge in [-0.3, -0.25) is 5.84 Å². The van der Waals surface area contributed by atoms with Crippen LogP contribution in [0.15, 0.2) is 11.4 Å². The summed E-state index contributed by atoms with van der Waals surface area (Å²) in [6.07, 6.45) is 1.65. The molecule has 1 atom stereocenters. The Bertz CT molecular complexity index is 374. The molecule has 1 aliphatic rings. The number of rotatable bonds is 5. The second-order valence-corrected chi connectivity index (χ2v) is 5.70. The molecule has 0 amide bonds. The first-order valence-corrected chi connectivity index (χ1v) is 7.40. The standard InChI is InChI=1S/C12H19ClN2O2S/c1-2-17-12(4-6-16-7-5-12)11(15-14)10-9(13)3-8-18-10/h3,8,11,15H,2,4-7,14H2,1H3. The lowest BCUT2D eigenvalue weighted by Gasteiger charge is -2.42. The van der Waals surface area contributed by atoms with Crippen LogP contribution in [0.3, 0.4) is 0 Å². The Morgan fingerprint density at radius 1 is 1.61 bits per heavy atom. The summed E-state index contributed by atoms with van der Waals surface area (Å²) >= 11 is 7.83. The minimum absolute atomic E-state index is 0.0890. The number of hydrogen-bond donors (Lipinski definition) is 2. The third-order valence-electron chi connectivity index (χ3n) is 3.37. The molecular formula is C12H19ClN2O2S. The van der Waals surface area contributed by atoms with Gasteiger partial charge in [0.05, 0.1) is 16.7 Å². The van der Waals surface area contributed by atoms with Gasteiger partial charge in [0.15, 0.2) is 0 Å². The van der Waals surface area contributed by atoms with E-state index in [9.17, 15) is 0 Å². The van der Waals surface area contributed by atoms with Gasteiger partial charge < -0.3 is 9.47 Å². The second-order valence-electron chi connectivity index (χ2n) is 4.34. The second kappa shape index (κ2) is 6.32. The van der Waals surface area contributed by atoms with Gasteiger partial charge >= 0.3 is 0 Å². The van der Waals surface area contributed by atoms with Crippen molar-refractivity contribution < 1.29 is 9.47 Å². The monoisotopic (exact) mass is 290 g/mol. The van der Waals surface area contributed by atoms with Crippen molar-refractivity contribution in [1.82, 2.24) is 5.43 Å². The molecule has 0 bridgehead atoms. The maximum atomic E-state index is 6.22. The third-order valence-corrected chi connectivity index (χ3v) is 4.79. The van der Waals surface area contributed by atoms with Crippen molar-refractivity contribution in [2.75, 3.05) is 19.8 Å². The van der Waals surface area contributed by atoms with Crippen molar-refractivity contribution in [3.63, 3.8) is 0 Å². The molecule has 6 heteroatoms. The quantitative estimate of drug-likeness (QED) is 0.646. The van der Waals surface area contributed by atoms with Gasteiger partial charge in [-0.05, 0) is 18.4 Å². The predicted molar refractivity (Wildman–Crippen MR) is 73.8 cm³/mol. The fourth-order valence-corrected chi connectivity index (χ4v) is 3.83. The Morgan fingerprint density at radius 3 is 2.83 bits per heavy atom. The van der Waals surface area contributed by atoms with Crippen LogP contribution in [0.4, 0.5) is 0 Å². The molecule has 0 aliphatic carbocycles. The van der Waals surface area contributed by atoms with Crippen molar-refractivity contribution in [3.05, 3.63) is 21.3 Å². The normalized spacial score (nSPS) is 20.8. The zero-order chi connectivity index (χ0) is 13.0. The minimum Gasteiger partial charge on any atom is -0.381 e. The number of nitrogens with one attached hydrogen (secondary N) is 1. The Kier molecular flexibility index (Phi) is 5.00. The maximum Gasteiger partial charge on any atom is 0.0941 e. The van der Waals surface area contributed by atoms with Crippen LogP contribution in [0.25, 0.3) is 0 Å². The maximum absolute atomic E-state index is 6.22. The van der Waals surface area contributed by atoms with Crippen LogP contribution in [-0.4, -0.2) is 25.4 Å². The first-order valence-electron chi connectivity index (χ1n) is 6.14. The van der Waals surface area contributed by atoms with Gasteiger partial charge in [-0.15, -0.1) is 11.3 Å². The molecule has 0 aromatic carbocycles. The average molecular weight is 291 g/mol. The lowest BCUT2D eigenvalue weighted by molar-refractivity contribution is -0.127. The topological polar surface area (TPSA) is 56.5 Å². The van der Waals surface area contributed by atoms with Crippen LogP contribution >= 0.6 is 22.9 Å². The van der Waals surface area contributed by atoms with Crippen LogP contribution in [0.1, 0.15) is 30.7 Å². The van der Waals surface area contributed by atoms with E-state index in [2.05, 4.69) is 5.43 Å². The molecule has 2 heterocycles. The van der Waals surface area contributed by atoms with Crippen LogP contribution < -0.4 is 11.3 Å². The molecule has 1 aliphatic heterocycles. The molecule has 1 unspecified atom stereocenters. The van der Waals surface area contributed by atoms with Crippen LogP contribution in [0, 0.1) is 0 Å². The van der Waals surface area contributed by atoms with E-state index in [1.165, 1.54) is 0 Å². The van der Waals surface area contributed by atoms with Crippen molar-refractivity contribution in [2.24, 2.45) is 5.84 Å². The van der Waals surface area contributed by atoms with Crippen LogP contribution in [0.2, 0.25) is 5.02 Å². The molecule has 1 fully saturated rings. The number of hydrazine groups is 1. The molecular weight excluding hydrogens is 272 g/mol. The van der Waals surface area contributed by atoms with E-state index in [1.807, 2.05) is 18.4 Å². The molecule has 102 valence electrons. The molecule has 0 saturated carbocycles. The molecule has 4 nitrogen and oxygen atoms in total. The largest absolute Gasteiger partial charge is 0.381 e. The van der Waals surface area contributed by atoms with E-state index in [0.717, 1.165) is 22.7 Å². The Morgan fingerprint density at radius 2 is 2.33 bits per heavy atom. The highest BCUT2D eigenvalue weighted by Gasteiger charge is 2.43.